The van der Waals surface area contributed by atoms with Gasteiger partial charge in [0.1, 0.15) is 0 Å². The number of benzene rings is 1. The van der Waals surface area contributed by atoms with E-state index in [1.54, 1.807) is 13.1 Å². The van der Waals surface area contributed by atoms with Crippen molar-refractivity contribution in [3.8, 4) is 0 Å². The minimum absolute atomic E-state index is 0.0232. The van der Waals surface area contributed by atoms with Crippen LogP contribution in [0.25, 0.3) is 0 Å². The Kier molecular flexibility index (Phi) is 4.92. The monoisotopic (exact) mass is 336 g/mol. The molecular weight excluding hydrogens is 320 g/mol. The van der Waals surface area contributed by atoms with Crippen LogP contribution < -0.4 is 16.0 Å². The third kappa shape index (κ3) is 4.73. The number of primary sulfonamides is 1. The summed E-state index contributed by atoms with van der Waals surface area (Å²) in [4.78, 5) is 23.1. The molecular formula is C14H16N4O4S. The smallest absolute Gasteiger partial charge is 0.266 e. The molecule has 1 amide bonds. The molecule has 3 N–H and O–H groups in total. The van der Waals surface area contributed by atoms with Gasteiger partial charge in [0.25, 0.3) is 5.56 Å². The van der Waals surface area contributed by atoms with Crippen molar-refractivity contribution in [2.24, 2.45) is 12.2 Å². The Morgan fingerprint density at radius 2 is 1.87 bits per heavy atom. The Labute approximate surface area is 133 Å². The Balaban J connectivity index is 1.94. The number of carbonyl (C=O) groups is 1. The second kappa shape index (κ2) is 6.71. The molecule has 0 radical (unpaired) electrons. The molecule has 0 fully saturated rings. The van der Waals surface area contributed by atoms with Crippen molar-refractivity contribution in [3.05, 3.63) is 52.4 Å². The Bertz CT molecular complexity index is 872. The number of hydrogen-bond acceptors (Lipinski definition) is 5. The molecule has 2 aromatic rings. The lowest BCUT2D eigenvalue weighted by Crippen LogP contribution is -2.20. The summed E-state index contributed by atoms with van der Waals surface area (Å²) in [6.07, 6.45) is 0.567. The zero-order chi connectivity index (χ0) is 17.0. The number of nitrogens with zero attached hydrogens (tertiary/aromatic N) is 2. The molecule has 1 aromatic heterocycles. The highest BCUT2D eigenvalue weighted by atomic mass is 32.2. The SMILES string of the molecule is Cn1nc(CCC(=O)Nc2ccc(S(N)(=O)=O)cc2)ccc1=O. The maximum atomic E-state index is 11.9. The lowest BCUT2D eigenvalue weighted by Gasteiger charge is -2.06. The van der Waals surface area contributed by atoms with E-state index in [1.165, 1.54) is 35.0 Å². The summed E-state index contributed by atoms with van der Waals surface area (Å²) in [6, 6.07) is 8.53. The number of sulfonamides is 1. The number of carbonyl (C=O) groups excluding carboxylic acids is 1. The van der Waals surface area contributed by atoms with Crippen molar-refractivity contribution in [2.75, 3.05) is 5.32 Å². The Hall–Kier alpha value is -2.52. The molecule has 0 saturated heterocycles. The molecule has 0 aliphatic heterocycles. The van der Waals surface area contributed by atoms with Gasteiger partial charge in [-0.15, -0.1) is 0 Å². The third-order valence-electron chi connectivity index (χ3n) is 3.09. The first-order valence-corrected chi connectivity index (χ1v) is 8.26. The fourth-order valence-electron chi connectivity index (χ4n) is 1.88. The number of nitrogens with two attached hydrogens (primary N) is 1. The van der Waals surface area contributed by atoms with Gasteiger partial charge in [0.05, 0.1) is 10.6 Å². The number of hydrogen-bond donors (Lipinski definition) is 2. The van der Waals surface area contributed by atoms with Crippen LogP contribution in [0.1, 0.15) is 12.1 Å². The van der Waals surface area contributed by atoms with Crippen LogP contribution in [0.2, 0.25) is 0 Å². The van der Waals surface area contributed by atoms with Crippen LogP contribution in [0, 0.1) is 0 Å². The minimum Gasteiger partial charge on any atom is -0.326 e. The summed E-state index contributed by atoms with van der Waals surface area (Å²) >= 11 is 0. The van der Waals surface area contributed by atoms with Crippen LogP contribution in [-0.4, -0.2) is 24.1 Å². The van der Waals surface area contributed by atoms with E-state index in [4.69, 9.17) is 5.14 Å². The maximum Gasteiger partial charge on any atom is 0.266 e. The number of amides is 1. The third-order valence-corrected chi connectivity index (χ3v) is 4.02. The molecule has 1 aromatic carbocycles. The second-order valence-electron chi connectivity index (χ2n) is 4.90. The summed E-state index contributed by atoms with van der Waals surface area (Å²) in [7, 11) is -2.21. The summed E-state index contributed by atoms with van der Waals surface area (Å²) in [5.74, 6) is -0.246. The molecule has 1 heterocycles. The summed E-state index contributed by atoms with van der Waals surface area (Å²) in [5.41, 5.74) is 0.885. The molecule has 9 heteroatoms. The minimum atomic E-state index is -3.75. The largest absolute Gasteiger partial charge is 0.326 e. The Morgan fingerprint density at radius 1 is 1.22 bits per heavy atom. The molecule has 0 aliphatic rings. The zero-order valence-electron chi connectivity index (χ0n) is 12.4. The highest BCUT2D eigenvalue weighted by Gasteiger charge is 2.08. The van der Waals surface area contributed by atoms with E-state index in [0.29, 0.717) is 17.8 Å². The van der Waals surface area contributed by atoms with Crippen LogP contribution in [0.5, 0.6) is 0 Å². The normalized spacial score (nSPS) is 11.2. The molecule has 0 aliphatic carbocycles. The fourth-order valence-corrected chi connectivity index (χ4v) is 2.39. The summed E-state index contributed by atoms with van der Waals surface area (Å²) in [5, 5.41) is 11.7. The lowest BCUT2D eigenvalue weighted by atomic mass is 10.2. The fraction of sp³-hybridized carbons (Fsp3) is 0.214. The highest BCUT2D eigenvalue weighted by Crippen LogP contribution is 2.13. The van der Waals surface area contributed by atoms with E-state index in [2.05, 4.69) is 10.4 Å². The highest BCUT2D eigenvalue weighted by molar-refractivity contribution is 7.89. The first kappa shape index (κ1) is 16.8. The first-order chi connectivity index (χ1) is 10.8. The molecule has 2 rings (SSSR count). The van der Waals surface area contributed by atoms with Crippen LogP contribution >= 0.6 is 0 Å². The van der Waals surface area contributed by atoms with Crippen molar-refractivity contribution in [2.45, 2.75) is 17.7 Å². The van der Waals surface area contributed by atoms with E-state index in [0.717, 1.165) is 0 Å². The van der Waals surface area contributed by atoms with Gasteiger partial charge in [0.15, 0.2) is 0 Å². The molecule has 8 nitrogen and oxygen atoms in total. The van der Waals surface area contributed by atoms with Gasteiger partial charge in [-0.1, -0.05) is 0 Å². The van der Waals surface area contributed by atoms with Gasteiger partial charge in [-0.05, 0) is 30.3 Å². The number of rotatable bonds is 5. The van der Waals surface area contributed by atoms with Gasteiger partial charge in [0, 0.05) is 31.6 Å². The molecule has 0 bridgehead atoms. The number of aryl methyl sites for hydroxylation is 2. The summed E-state index contributed by atoms with van der Waals surface area (Å²) in [6.45, 7) is 0. The van der Waals surface area contributed by atoms with Crippen molar-refractivity contribution in [1.82, 2.24) is 9.78 Å². The topological polar surface area (TPSA) is 124 Å². The Morgan fingerprint density at radius 3 is 2.43 bits per heavy atom. The molecule has 23 heavy (non-hydrogen) atoms. The lowest BCUT2D eigenvalue weighted by molar-refractivity contribution is -0.116. The molecule has 122 valence electrons. The number of nitrogens with one attached hydrogen (secondary N) is 1. The molecule has 0 spiro atoms. The summed E-state index contributed by atoms with van der Waals surface area (Å²) < 4.78 is 23.5. The van der Waals surface area contributed by atoms with Gasteiger partial charge in [-0.2, -0.15) is 5.10 Å². The van der Waals surface area contributed by atoms with Gasteiger partial charge in [0.2, 0.25) is 15.9 Å². The van der Waals surface area contributed by atoms with E-state index < -0.39 is 10.0 Å². The zero-order valence-corrected chi connectivity index (χ0v) is 13.2. The van der Waals surface area contributed by atoms with Gasteiger partial charge >= 0.3 is 0 Å². The predicted octanol–water partition coefficient (Wildman–Crippen LogP) is -0.001000. The van der Waals surface area contributed by atoms with Crippen molar-refractivity contribution in [3.63, 3.8) is 0 Å². The number of aromatic nitrogens is 2. The molecule has 0 atom stereocenters. The van der Waals surface area contributed by atoms with Crippen LogP contribution in [0.4, 0.5) is 5.69 Å². The van der Waals surface area contributed by atoms with Gasteiger partial charge < -0.3 is 5.32 Å². The first-order valence-electron chi connectivity index (χ1n) is 6.71. The quantitative estimate of drug-likeness (QED) is 0.795. The van der Waals surface area contributed by atoms with E-state index in [9.17, 15) is 18.0 Å². The number of anilines is 1. The van der Waals surface area contributed by atoms with Gasteiger partial charge in [-0.25, -0.2) is 18.2 Å². The van der Waals surface area contributed by atoms with Crippen LogP contribution in [0.15, 0.2) is 46.1 Å². The van der Waals surface area contributed by atoms with Crippen molar-refractivity contribution >= 4 is 21.6 Å². The van der Waals surface area contributed by atoms with Crippen molar-refractivity contribution < 1.29 is 13.2 Å². The average molecular weight is 336 g/mol. The van der Waals surface area contributed by atoms with Crippen LogP contribution in [-0.2, 0) is 28.3 Å². The van der Waals surface area contributed by atoms with E-state index in [-0.39, 0.29) is 22.8 Å². The molecule has 0 saturated carbocycles. The standard InChI is InChI=1S/C14H16N4O4S/c1-18-14(20)9-5-11(17-18)4-8-13(19)16-10-2-6-12(7-3-10)23(15,21)22/h2-3,5-7,9H,4,8H2,1H3,(H,16,19)(H2,15,21,22). The average Bonchev–Trinajstić information content (AvgIpc) is 2.48. The second-order valence-corrected chi connectivity index (χ2v) is 6.47. The van der Waals surface area contributed by atoms with E-state index >= 15 is 0 Å². The molecule has 0 unspecified atom stereocenters. The predicted molar refractivity (Wildman–Crippen MR) is 84.2 cm³/mol. The van der Waals surface area contributed by atoms with E-state index in [1.807, 2.05) is 0 Å². The van der Waals surface area contributed by atoms with Crippen LogP contribution in [0.3, 0.4) is 0 Å². The maximum absolute atomic E-state index is 11.9. The van der Waals surface area contributed by atoms with Gasteiger partial charge in [-0.3, -0.25) is 9.59 Å². The van der Waals surface area contributed by atoms with Crippen molar-refractivity contribution in [1.29, 1.82) is 0 Å².